The number of ether oxygens (including phenoxy) is 4. The van der Waals surface area contributed by atoms with Gasteiger partial charge < -0.3 is 28.7 Å². The van der Waals surface area contributed by atoms with E-state index in [-0.39, 0.29) is 25.4 Å². The van der Waals surface area contributed by atoms with E-state index in [2.05, 4.69) is 6.07 Å². The number of amides is 2. The standard InChI is InChI=1S/C34H38N2O6/c37-31(35-15-7-1-8-16-35)13-5-3-11-25-19-27(33-29(21-25)39-23-41-33)28-20-26(22-30-34(28)42-24-40-30)12-4-6-14-32(38)36-17-9-2-10-18-36/h3,5-6,11,13-14,19-22H,1-2,4,7-10,12,15-18,23-24H2/b11-3+,13-5+,14-6+. The Morgan fingerprint density at radius 3 is 1.93 bits per heavy atom. The maximum absolute atomic E-state index is 12.5. The summed E-state index contributed by atoms with van der Waals surface area (Å²) in [7, 11) is 0. The van der Waals surface area contributed by atoms with Crippen molar-refractivity contribution in [1.82, 2.24) is 9.80 Å². The Balaban J connectivity index is 1.19. The molecule has 2 saturated heterocycles. The van der Waals surface area contributed by atoms with Gasteiger partial charge in [-0.25, -0.2) is 0 Å². The molecule has 8 heteroatoms. The average Bonchev–Trinajstić information content (AvgIpc) is 3.71. The summed E-state index contributed by atoms with van der Waals surface area (Å²) < 4.78 is 23.3. The topological polar surface area (TPSA) is 77.5 Å². The molecule has 6 rings (SSSR count). The first-order valence-electron chi connectivity index (χ1n) is 15.1. The Morgan fingerprint density at radius 2 is 1.26 bits per heavy atom. The number of nitrogens with zero attached hydrogens (tertiary/aromatic N) is 2. The molecule has 0 radical (unpaired) electrons. The molecule has 0 unspecified atom stereocenters. The highest BCUT2D eigenvalue weighted by atomic mass is 16.7. The number of piperidine rings is 2. The monoisotopic (exact) mass is 570 g/mol. The molecule has 0 atom stereocenters. The van der Waals surface area contributed by atoms with E-state index in [0.717, 1.165) is 87.0 Å². The number of fused-ring (bicyclic) bond motifs is 2. The van der Waals surface area contributed by atoms with Crippen molar-refractivity contribution >= 4 is 17.9 Å². The van der Waals surface area contributed by atoms with Gasteiger partial charge in [0.15, 0.2) is 23.0 Å². The van der Waals surface area contributed by atoms with Crippen LogP contribution in [0, 0.1) is 0 Å². The van der Waals surface area contributed by atoms with E-state index in [9.17, 15) is 9.59 Å². The number of carbonyl (C=O) groups is 2. The van der Waals surface area contributed by atoms with Crippen LogP contribution in [-0.2, 0) is 16.0 Å². The van der Waals surface area contributed by atoms with E-state index < -0.39 is 0 Å². The third-order valence-corrected chi connectivity index (χ3v) is 8.15. The molecule has 220 valence electrons. The van der Waals surface area contributed by atoms with E-state index in [0.29, 0.717) is 23.0 Å². The highest BCUT2D eigenvalue weighted by Crippen LogP contribution is 2.49. The fourth-order valence-electron chi connectivity index (χ4n) is 5.92. The lowest BCUT2D eigenvalue weighted by atomic mass is 9.96. The van der Waals surface area contributed by atoms with Gasteiger partial charge in [0.25, 0.3) is 0 Å². The van der Waals surface area contributed by atoms with E-state index in [1.807, 2.05) is 46.2 Å². The lowest BCUT2D eigenvalue weighted by molar-refractivity contribution is -0.127. The van der Waals surface area contributed by atoms with Crippen molar-refractivity contribution in [3.8, 4) is 34.1 Å². The summed E-state index contributed by atoms with van der Waals surface area (Å²) in [6, 6.07) is 8.10. The van der Waals surface area contributed by atoms with E-state index in [4.69, 9.17) is 18.9 Å². The van der Waals surface area contributed by atoms with Crippen molar-refractivity contribution < 1.29 is 28.5 Å². The van der Waals surface area contributed by atoms with Crippen LogP contribution >= 0.6 is 0 Å². The molecule has 42 heavy (non-hydrogen) atoms. The van der Waals surface area contributed by atoms with E-state index in [1.54, 1.807) is 18.2 Å². The van der Waals surface area contributed by atoms with Crippen molar-refractivity contribution in [2.45, 2.75) is 51.4 Å². The Morgan fingerprint density at radius 1 is 0.667 bits per heavy atom. The molecule has 4 aliphatic rings. The molecule has 4 heterocycles. The molecular formula is C34H38N2O6. The second-order valence-electron chi connectivity index (χ2n) is 11.1. The minimum atomic E-state index is 0.0564. The third kappa shape index (κ3) is 6.48. The molecular weight excluding hydrogens is 532 g/mol. The first-order valence-corrected chi connectivity index (χ1v) is 15.1. The van der Waals surface area contributed by atoms with Crippen LogP contribution in [-0.4, -0.2) is 61.4 Å². The summed E-state index contributed by atoms with van der Waals surface area (Å²) in [4.78, 5) is 28.8. The number of carbonyl (C=O) groups excluding carboxylic acids is 2. The molecule has 2 aromatic carbocycles. The maximum Gasteiger partial charge on any atom is 0.246 e. The molecule has 2 aromatic rings. The van der Waals surface area contributed by atoms with Crippen LogP contribution in [0.3, 0.4) is 0 Å². The minimum absolute atomic E-state index is 0.0564. The normalized spacial score (nSPS) is 18.1. The van der Waals surface area contributed by atoms with Crippen LogP contribution in [0.1, 0.15) is 56.1 Å². The largest absolute Gasteiger partial charge is 0.454 e. The first-order chi connectivity index (χ1) is 20.7. The third-order valence-electron chi connectivity index (χ3n) is 8.15. The summed E-state index contributed by atoms with van der Waals surface area (Å²) >= 11 is 0. The molecule has 0 bridgehead atoms. The van der Waals surface area contributed by atoms with Gasteiger partial charge >= 0.3 is 0 Å². The van der Waals surface area contributed by atoms with E-state index >= 15 is 0 Å². The number of allylic oxidation sites excluding steroid dienone is 3. The fourth-order valence-corrected chi connectivity index (χ4v) is 5.92. The van der Waals surface area contributed by atoms with Gasteiger partial charge in [-0.15, -0.1) is 0 Å². The van der Waals surface area contributed by atoms with Crippen LogP contribution in [0.4, 0.5) is 0 Å². The van der Waals surface area contributed by atoms with Crippen LogP contribution < -0.4 is 18.9 Å². The van der Waals surface area contributed by atoms with Gasteiger partial charge in [-0.1, -0.05) is 24.3 Å². The van der Waals surface area contributed by atoms with Crippen molar-refractivity contribution in [2.24, 2.45) is 0 Å². The van der Waals surface area contributed by atoms with Gasteiger partial charge in [0.2, 0.25) is 25.4 Å². The SMILES string of the molecule is O=C(/C=C/C=C/c1cc2c(c(-c3cc(CC/C=C/C(=O)N4CCCCC4)cc4c3OCO4)c1)OCO2)N1CCCCC1. The number of hydrogen-bond donors (Lipinski definition) is 0. The molecule has 0 saturated carbocycles. The Kier molecular flexibility index (Phi) is 8.78. The lowest BCUT2D eigenvalue weighted by Crippen LogP contribution is -2.34. The van der Waals surface area contributed by atoms with Crippen molar-refractivity contribution in [1.29, 1.82) is 0 Å². The van der Waals surface area contributed by atoms with Gasteiger partial charge in [0.05, 0.1) is 0 Å². The van der Waals surface area contributed by atoms with Crippen LogP contribution in [0.2, 0.25) is 0 Å². The van der Waals surface area contributed by atoms with Crippen LogP contribution in [0.25, 0.3) is 17.2 Å². The summed E-state index contributed by atoms with van der Waals surface area (Å²) in [5.74, 6) is 2.87. The van der Waals surface area contributed by atoms with Crippen LogP contribution in [0.5, 0.6) is 23.0 Å². The lowest BCUT2D eigenvalue weighted by Gasteiger charge is -2.25. The predicted octanol–water partition coefficient (Wildman–Crippen LogP) is 5.89. The second kappa shape index (κ2) is 13.2. The second-order valence-corrected chi connectivity index (χ2v) is 11.1. The quantitative estimate of drug-likeness (QED) is 0.291. The predicted molar refractivity (Wildman–Crippen MR) is 161 cm³/mol. The molecule has 0 spiro atoms. The number of hydrogen-bond acceptors (Lipinski definition) is 6. The molecule has 2 amide bonds. The zero-order chi connectivity index (χ0) is 28.7. The summed E-state index contributed by atoms with van der Waals surface area (Å²) in [5, 5.41) is 0. The van der Waals surface area contributed by atoms with E-state index in [1.165, 1.54) is 12.8 Å². The molecule has 2 fully saturated rings. The zero-order valence-corrected chi connectivity index (χ0v) is 24.0. The van der Waals surface area contributed by atoms with Gasteiger partial charge in [-0.2, -0.15) is 0 Å². The van der Waals surface area contributed by atoms with Crippen molar-refractivity contribution in [3.63, 3.8) is 0 Å². The molecule has 8 nitrogen and oxygen atoms in total. The Labute approximate surface area is 247 Å². The fraction of sp³-hybridized carbons (Fsp3) is 0.412. The number of likely N-dealkylation sites (tertiary alicyclic amines) is 2. The van der Waals surface area contributed by atoms with Gasteiger partial charge in [-0.05, 0) is 92.8 Å². The zero-order valence-electron chi connectivity index (χ0n) is 24.0. The molecule has 4 aliphatic heterocycles. The number of benzene rings is 2. The number of rotatable bonds is 8. The number of aryl methyl sites for hydroxylation is 1. The highest BCUT2D eigenvalue weighted by Gasteiger charge is 2.27. The van der Waals surface area contributed by atoms with Gasteiger partial charge in [0, 0.05) is 43.4 Å². The Hall–Kier alpha value is -4.20. The van der Waals surface area contributed by atoms with Crippen molar-refractivity contribution in [2.75, 3.05) is 39.8 Å². The minimum Gasteiger partial charge on any atom is -0.454 e. The summed E-state index contributed by atoms with van der Waals surface area (Å²) in [6.45, 7) is 3.68. The van der Waals surface area contributed by atoms with Crippen LogP contribution in [0.15, 0.2) is 54.6 Å². The Bertz CT molecular complexity index is 1400. The molecule has 0 aliphatic carbocycles. The summed E-state index contributed by atoms with van der Waals surface area (Å²) in [5.41, 5.74) is 3.73. The van der Waals surface area contributed by atoms with Gasteiger partial charge in [-0.3, -0.25) is 9.59 Å². The maximum atomic E-state index is 12.5. The van der Waals surface area contributed by atoms with Gasteiger partial charge in [0.1, 0.15) is 0 Å². The van der Waals surface area contributed by atoms with Crippen molar-refractivity contribution in [3.05, 3.63) is 65.8 Å². The first kappa shape index (κ1) is 27.9. The highest BCUT2D eigenvalue weighted by molar-refractivity contribution is 5.88. The average molecular weight is 571 g/mol. The molecule has 0 N–H and O–H groups in total. The smallest absolute Gasteiger partial charge is 0.246 e. The molecule has 0 aromatic heterocycles. The summed E-state index contributed by atoms with van der Waals surface area (Å²) in [6.07, 6.45) is 19.1.